The highest BCUT2D eigenvalue weighted by Gasteiger charge is 2.35. The van der Waals surface area contributed by atoms with Crippen molar-refractivity contribution < 1.29 is 9.59 Å². The van der Waals surface area contributed by atoms with Crippen molar-refractivity contribution in [3.05, 3.63) is 88.9 Å². The Hall–Kier alpha value is -3.48. The van der Waals surface area contributed by atoms with E-state index in [0.717, 1.165) is 36.4 Å². The van der Waals surface area contributed by atoms with Crippen LogP contribution >= 0.6 is 11.6 Å². The van der Waals surface area contributed by atoms with Crippen LogP contribution in [-0.4, -0.2) is 49.1 Å². The standard InChI is InChI=1S/C29H31ClN4O2/c1-4-34(5-2)18-17-26(35)33(3)23-14-12-22(13-15-23)31-28(20-9-7-6-8-10-20)27-24-16-11-21(30)19-25(24)32-29(27)36/h6-16,19,27H,4-5,17-18H2,1-3H3,(H,32,36). The Morgan fingerprint density at radius 3 is 2.36 bits per heavy atom. The number of nitrogens with one attached hydrogen (secondary N) is 1. The van der Waals surface area contributed by atoms with Gasteiger partial charge in [0.1, 0.15) is 5.92 Å². The smallest absolute Gasteiger partial charge is 0.238 e. The van der Waals surface area contributed by atoms with Crippen LogP contribution in [0.2, 0.25) is 5.02 Å². The predicted octanol–water partition coefficient (Wildman–Crippen LogP) is 5.89. The van der Waals surface area contributed by atoms with Crippen LogP contribution in [0.5, 0.6) is 0 Å². The van der Waals surface area contributed by atoms with E-state index < -0.39 is 5.92 Å². The first kappa shape index (κ1) is 25.6. The molecule has 0 radical (unpaired) electrons. The van der Waals surface area contributed by atoms with Gasteiger partial charge in [-0.2, -0.15) is 0 Å². The summed E-state index contributed by atoms with van der Waals surface area (Å²) < 4.78 is 0. The van der Waals surface area contributed by atoms with Crippen LogP contribution in [-0.2, 0) is 9.59 Å². The van der Waals surface area contributed by atoms with E-state index in [2.05, 4.69) is 24.1 Å². The fourth-order valence-corrected chi connectivity index (χ4v) is 4.58. The van der Waals surface area contributed by atoms with Crippen molar-refractivity contribution in [2.45, 2.75) is 26.2 Å². The lowest BCUT2D eigenvalue weighted by Gasteiger charge is -2.21. The maximum absolute atomic E-state index is 13.0. The van der Waals surface area contributed by atoms with Gasteiger partial charge < -0.3 is 15.1 Å². The van der Waals surface area contributed by atoms with Crippen LogP contribution in [0.25, 0.3) is 0 Å². The lowest BCUT2D eigenvalue weighted by Crippen LogP contribution is -2.32. The summed E-state index contributed by atoms with van der Waals surface area (Å²) in [5.41, 5.74) is 4.59. The summed E-state index contributed by atoms with van der Waals surface area (Å²) in [6, 6.07) is 22.7. The van der Waals surface area contributed by atoms with Crippen molar-refractivity contribution >= 4 is 46.2 Å². The first-order chi connectivity index (χ1) is 17.4. The number of halogens is 1. The molecule has 1 atom stereocenters. The second kappa shape index (κ2) is 11.5. The van der Waals surface area contributed by atoms with E-state index in [0.29, 0.717) is 28.5 Å². The first-order valence-electron chi connectivity index (χ1n) is 12.2. The molecule has 1 N–H and O–H groups in total. The number of rotatable bonds is 9. The predicted molar refractivity (Wildman–Crippen MR) is 148 cm³/mol. The Bertz CT molecular complexity index is 1250. The largest absolute Gasteiger partial charge is 0.325 e. The molecule has 0 fully saturated rings. The van der Waals surface area contributed by atoms with Crippen molar-refractivity contribution in [1.82, 2.24) is 4.90 Å². The topological polar surface area (TPSA) is 65.0 Å². The molecule has 1 aliphatic rings. The van der Waals surface area contributed by atoms with E-state index in [1.54, 1.807) is 24.1 Å². The van der Waals surface area contributed by atoms with Gasteiger partial charge in [0, 0.05) is 36.4 Å². The SMILES string of the molecule is CCN(CC)CCC(=O)N(C)c1ccc(N=C(c2ccccc2)C2C(=O)Nc3cc(Cl)ccc32)cc1. The number of carbonyl (C=O) groups is 2. The number of carbonyl (C=O) groups excluding carboxylic acids is 2. The molecule has 0 saturated carbocycles. The molecule has 0 aromatic heterocycles. The Labute approximate surface area is 217 Å². The molecular weight excluding hydrogens is 472 g/mol. The van der Waals surface area contributed by atoms with Crippen LogP contribution in [0.4, 0.5) is 17.1 Å². The number of nitrogens with zero attached hydrogens (tertiary/aromatic N) is 3. The molecule has 0 spiro atoms. The van der Waals surface area contributed by atoms with Gasteiger partial charge in [-0.15, -0.1) is 0 Å². The van der Waals surface area contributed by atoms with Crippen molar-refractivity contribution in [1.29, 1.82) is 0 Å². The molecule has 2 amide bonds. The third kappa shape index (κ3) is 5.66. The van der Waals surface area contributed by atoms with Gasteiger partial charge in [0.25, 0.3) is 0 Å². The van der Waals surface area contributed by atoms with Gasteiger partial charge in [0.2, 0.25) is 11.8 Å². The quantitative estimate of drug-likeness (QED) is 0.371. The molecule has 4 rings (SSSR count). The summed E-state index contributed by atoms with van der Waals surface area (Å²) in [5, 5.41) is 3.51. The van der Waals surface area contributed by atoms with Crippen LogP contribution < -0.4 is 10.2 Å². The number of aliphatic imine (C=N–C) groups is 1. The summed E-state index contributed by atoms with van der Waals surface area (Å²) in [6.45, 7) is 6.81. The second-order valence-electron chi connectivity index (χ2n) is 8.76. The van der Waals surface area contributed by atoms with Crippen molar-refractivity contribution in [3.8, 4) is 0 Å². The molecule has 1 unspecified atom stereocenters. The van der Waals surface area contributed by atoms with E-state index >= 15 is 0 Å². The number of hydrogen-bond acceptors (Lipinski definition) is 4. The molecular formula is C29H31ClN4O2. The average molecular weight is 503 g/mol. The number of amides is 2. The van der Waals surface area contributed by atoms with Crippen molar-refractivity contribution in [2.75, 3.05) is 36.9 Å². The molecule has 36 heavy (non-hydrogen) atoms. The number of benzene rings is 3. The van der Waals surface area contributed by atoms with Gasteiger partial charge in [-0.1, -0.05) is 61.8 Å². The summed E-state index contributed by atoms with van der Waals surface area (Å²) in [4.78, 5) is 34.6. The highest BCUT2D eigenvalue weighted by atomic mass is 35.5. The van der Waals surface area contributed by atoms with E-state index in [9.17, 15) is 9.59 Å². The number of hydrogen-bond donors (Lipinski definition) is 1. The normalized spacial score (nSPS) is 15.1. The molecule has 1 heterocycles. The van der Waals surface area contributed by atoms with Gasteiger partial charge in [-0.3, -0.25) is 14.6 Å². The van der Waals surface area contributed by atoms with Crippen LogP contribution in [0, 0.1) is 0 Å². The van der Waals surface area contributed by atoms with Crippen molar-refractivity contribution in [3.63, 3.8) is 0 Å². The molecule has 0 saturated heterocycles. The van der Waals surface area contributed by atoms with E-state index in [1.807, 2.05) is 60.7 Å². The lowest BCUT2D eigenvalue weighted by atomic mass is 9.90. The van der Waals surface area contributed by atoms with Crippen LogP contribution in [0.3, 0.4) is 0 Å². The second-order valence-corrected chi connectivity index (χ2v) is 9.20. The minimum Gasteiger partial charge on any atom is -0.325 e. The summed E-state index contributed by atoms with van der Waals surface area (Å²) in [6.07, 6.45) is 0.469. The minimum absolute atomic E-state index is 0.0704. The van der Waals surface area contributed by atoms with Gasteiger partial charge in [0.05, 0.1) is 11.4 Å². The zero-order valence-corrected chi connectivity index (χ0v) is 21.6. The number of anilines is 2. The van der Waals surface area contributed by atoms with Gasteiger partial charge in [0.15, 0.2) is 0 Å². The van der Waals surface area contributed by atoms with E-state index in [4.69, 9.17) is 16.6 Å². The zero-order valence-electron chi connectivity index (χ0n) is 20.9. The average Bonchev–Trinajstić information content (AvgIpc) is 3.22. The van der Waals surface area contributed by atoms with E-state index in [-0.39, 0.29) is 11.8 Å². The summed E-state index contributed by atoms with van der Waals surface area (Å²) in [7, 11) is 1.79. The third-order valence-corrected chi connectivity index (χ3v) is 6.82. The van der Waals surface area contributed by atoms with E-state index in [1.165, 1.54) is 0 Å². The van der Waals surface area contributed by atoms with Gasteiger partial charge in [-0.25, -0.2) is 0 Å². The molecule has 0 bridgehead atoms. The Kier molecular flexibility index (Phi) is 8.18. The lowest BCUT2D eigenvalue weighted by molar-refractivity contribution is -0.118. The third-order valence-electron chi connectivity index (χ3n) is 6.59. The maximum Gasteiger partial charge on any atom is 0.238 e. The molecule has 0 aliphatic carbocycles. The highest BCUT2D eigenvalue weighted by Crippen LogP contribution is 2.37. The fourth-order valence-electron chi connectivity index (χ4n) is 4.41. The van der Waals surface area contributed by atoms with Crippen molar-refractivity contribution in [2.24, 2.45) is 4.99 Å². The minimum atomic E-state index is -0.552. The maximum atomic E-state index is 13.0. The van der Waals surface area contributed by atoms with Gasteiger partial charge >= 0.3 is 0 Å². The number of fused-ring (bicyclic) bond motifs is 1. The molecule has 1 aliphatic heterocycles. The molecule has 7 heteroatoms. The Morgan fingerprint density at radius 1 is 1.00 bits per heavy atom. The Morgan fingerprint density at radius 2 is 1.69 bits per heavy atom. The Balaban J connectivity index is 1.61. The highest BCUT2D eigenvalue weighted by molar-refractivity contribution is 6.31. The molecule has 6 nitrogen and oxygen atoms in total. The molecule has 3 aromatic rings. The monoisotopic (exact) mass is 502 g/mol. The summed E-state index contributed by atoms with van der Waals surface area (Å²) >= 11 is 6.15. The molecule has 3 aromatic carbocycles. The summed E-state index contributed by atoms with van der Waals surface area (Å²) in [5.74, 6) is -0.616. The fraction of sp³-hybridized carbons (Fsp3) is 0.276. The van der Waals surface area contributed by atoms with Crippen LogP contribution in [0.15, 0.2) is 77.8 Å². The van der Waals surface area contributed by atoms with Crippen LogP contribution in [0.1, 0.15) is 37.3 Å². The zero-order chi connectivity index (χ0) is 25.7. The first-order valence-corrected chi connectivity index (χ1v) is 12.6. The molecule has 186 valence electrons. The van der Waals surface area contributed by atoms with Gasteiger partial charge in [-0.05, 0) is 60.6 Å².